The van der Waals surface area contributed by atoms with Crippen LogP contribution in [0, 0.1) is 11.6 Å². The first-order valence-electron chi connectivity index (χ1n) is 9.50. The number of halogens is 2. The van der Waals surface area contributed by atoms with Crippen molar-refractivity contribution in [3.05, 3.63) is 70.6 Å². The summed E-state index contributed by atoms with van der Waals surface area (Å²) in [6.07, 6.45) is -3.63. The predicted octanol–water partition coefficient (Wildman–Crippen LogP) is 1.18. The molecule has 0 aromatic heterocycles. The third-order valence-corrected chi connectivity index (χ3v) is 5.50. The van der Waals surface area contributed by atoms with Gasteiger partial charge >= 0.3 is 0 Å². The molecule has 3 heterocycles. The molecule has 3 aliphatic rings. The van der Waals surface area contributed by atoms with Gasteiger partial charge in [-0.1, -0.05) is 0 Å². The van der Waals surface area contributed by atoms with E-state index in [1.54, 1.807) is 0 Å². The lowest BCUT2D eigenvalue weighted by Crippen LogP contribution is -2.33. The zero-order valence-electron chi connectivity index (χ0n) is 15.9. The van der Waals surface area contributed by atoms with Gasteiger partial charge in [0, 0.05) is 11.6 Å². The third-order valence-electron chi connectivity index (χ3n) is 5.50. The van der Waals surface area contributed by atoms with E-state index in [9.17, 15) is 28.9 Å². The van der Waals surface area contributed by atoms with E-state index in [4.69, 9.17) is 4.74 Å². The maximum Gasteiger partial charge on any atom is 0.282 e. The van der Waals surface area contributed by atoms with Gasteiger partial charge in [0.15, 0.2) is 6.23 Å². The summed E-state index contributed by atoms with van der Waals surface area (Å²) in [5, 5.41) is 34.7. The summed E-state index contributed by atoms with van der Waals surface area (Å²) >= 11 is 0. The van der Waals surface area contributed by atoms with Gasteiger partial charge in [0.05, 0.1) is 23.4 Å². The van der Waals surface area contributed by atoms with Crippen LogP contribution in [-0.4, -0.2) is 54.6 Å². The Morgan fingerprint density at radius 3 is 2.42 bits per heavy atom. The topological polar surface area (TPSA) is 110 Å². The van der Waals surface area contributed by atoms with Gasteiger partial charge in [0.1, 0.15) is 35.6 Å². The van der Waals surface area contributed by atoms with E-state index in [2.05, 4.69) is 5.10 Å². The third kappa shape index (κ3) is 3.03. The lowest BCUT2D eigenvalue weighted by atomic mass is 10.1. The molecule has 0 spiro atoms. The molecule has 0 radical (unpaired) electrons. The minimum atomic E-state index is -1.42. The van der Waals surface area contributed by atoms with Crippen LogP contribution in [0.5, 0.6) is 0 Å². The van der Waals surface area contributed by atoms with Crippen molar-refractivity contribution in [3.8, 4) is 16.9 Å². The number of nitrogens with zero attached hydrogens (tertiary/aromatic N) is 3. The summed E-state index contributed by atoms with van der Waals surface area (Å²) in [5.74, 6) is -1.02. The molecule has 1 saturated heterocycles. The van der Waals surface area contributed by atoms with Crippen LogP contribution in [0.2, 0.25) is 0 Å². The van der Waals surface area contributed by atoms with Crippen LogP contribution in [-0.2, 0) is 4.74 Å². The summed E-state index contributed by atoms with van der Waals surface area (Å²) in [6.45, 7) is -0.529. The highest BCUT2D eigenvalue weighted by molar-refractivity contribution is 5.93. The van der Waals surface area contributed by atoms with Crippen LogP contribution in [0.15, 0.2) is 53.5 Å². The molecule has 0 bridgehead atoms. The quantitative estimate of drug-likeness (QED) is 0.451. The molecule has 10 heteroatoms. The maximum absolute atomic E-state index is 14.1. The Balaban J connectivity index is 1.77. The number of pyridine rings is 1. The van der Waals surface area contributed by atoms with Crippen LogP contribution in [0.3, 0.4) is 0 Å². The Morgan fingerprint density at radius 2 is 1.74 bits per heavy atom. The van der Waals surface area contributed by atoms with Crippen LogP contribution in [0.1, 0.15) is 6.23 Å². The number of aliphatic hydroxyl groups excluding tert-OH is 3. The summed E-state index contributed by atoms with van der Waals surface area (Å²) in [7, 11) is 0. The van der Waals surface area contributed by atoms with E-state index in [-0.39, 0.29) is 16.8 Å². The smallest absolute Gasteiger partial charge is 0.282 e. The second-order valence-corrected chi connectivity index (χ2v) is 7.38. The van der Waals surface area contributed by atoms with Gasteiger partial charge in [-0.25, -0.2) is 8.78 Å². The molecule has 5 rings (SSSR count). The average Bonchev–Trinajstić information content (AvgIpc) is 3.24. The molecule has 0 aliphatic carbocycles. The maximum atomic E-state index is 14.1. The monoisotopic (exact) mass is 429 g/mol. The molecular formula is C21H17F2N3O5. The predicted molar refractivity (Wildman–Crippen MR) is 105 cm³/mol. The van der Waals surface area contributed by atoms with Gasteiger partial charge in [0.2, 0.25) is 0 Å². The van der Waals surface area contributed by atoms with Crippen LogP contribution in [0.4, 0.5) is 8.78 Å². The van der Waals surface area contributed by atoms with Crippen molar-refractivity contribution in [1.29, 1.82) is 0 Å². The van der Waals surface area contributed by atoms with Gasteiger partial charge in [-0.2, -0.15) is 9.78 Å². The van der Waals surface area contributed by atoms with E-state index in [0.29, 0.717) is 11.1 Å². The number of hydrogen-bond acceptors (Lipinski definition) is 6. The minimum Gasteiger partial charge on any atom is -0.394 e. The zero-order chi connectivity index (χ0) is 21.9. The number of aliphatic hydroxyl groups is 3. The van der Waals surface area contributed by atoms with Crippen LogP contribution in [0.25, 0.3) is 27.8 Å². The second-order valence-electron chi connectivity index (χ2n) is 7.38. The highest BCUT2D eigenvalue weighted by Crippen LogP contribution is 2.36. The fourth-order valence-corrected chi connectivity index (χ4v) is 3.93. The molecule has 3 aliphatic heterocycles. The first-order chi connectivity index (χ1) is 14.9. The summed E-state index contributed by atoms with van der Waals surface area (Å²) in [5.41, 5.74) is 0.547. The van der Waals surface area contributed by atoms with Gasteiger partial charge in [-0.15, -0.1) is 0 Å². The number of rotatable bonds is 3. The second kappa shape index (κ2) is 7.20. The van der Waals surface area contributed by atoms with E-state index in [1.165, 1.54) is 53.2 Å². The number of fused-ring (bicyclic) bond motifs is 3. The van der Waals surface area contributed by atoms with Gasteiger partial charge in [-0.3, -0.25) is 4.79 Å². The van der Waals surface area contributed by atoms with Crippen molar-refractivity contribution >= 4 is 10.9 Å². The van der Waals surface area contributed by atoms with Crippen LogP contribution < -0.4 is 5.56 Å². The highest BCUT2D eigenvalue weighted by atomic mass is 19.1. The zero-order valence-corrected chi connectivity index (χ0v) is 15.9. The highest BCUT2D eigenvalue weighted by Gasteiger charge is 2.44. The fraction of sp³-hybridized carbons (Fsp3) is 0.238. The van der Waals surface area contributed by atoms with Gasteiger partial charge in [-0.05, 0) is 42.5 Å². The molecule has 0 saturated carbocycles. The van der Waals surface area contributed by atoms with E-state index in [1.807, 2.05) is 0 Å². The van der Waals surface area contributed by atoms with E-state index in [0.717, 1.165) is 4.68 Å². The summed E-state index contributed by atoms with van der Waals surface area (Å²) in [6, 6.07) is 9.08. The summed E-state index contributed by atoms with van der Waals surface area (Å²) in [4.78, 5) is 13.1. The molecular weight excluding hydrogens is 412 g/mol. The van der Waals surface area contributed by atoms with E-state index < -0.39 is 48.3 Å². The molecule has 0 amide bonds. The SMILES string of the molecule is O=c1c2cn([C@@H]3O[C@H](CO)[C@@H](O)[C@H]3O)c3cc(F)ccc3c-2nn1-c1ccc(F)cc1. The van der Waals surface area contributed by atoms with Gasteiger partial charge in [0.25, 0.3) is 5.56 Å². The fourth-order valence-electron chi connectivity index (χ4n) is 3.93. The molecule has 4 atom stereocenters. The number of benzene rings is 2. The minimum absolute atomic E-state index is 0.154. The molecule has 2 aromatic carbocycles. The summed E-state index contributed by atoms with van der Waals surface area (Å²) < 4.78 is 35.4. The Kier molecular flexibility index (Phi) is 4.59. The Bertz CT molecular complexity index is 1300. The van der Waals surface area contributed by atoms with Gasteiger partial charge < -0.3 is 24.6 Å². The Morgan fingerprint density at radius 1 is 1.03 bits per heavy atom. The standard InChI is InChI=1S/C21H17F2N3O5/c22-10-1-4-12(5-2-10)26-20(30)14-8-25(21-19(29)18(28)16(9-27)31-21)15-7-11(23)3-6-13(15)17(14)24-26/h1-8,16,18-19,21,27-29H,9H2/t16-,18-,19-,21-/m1/s1. The van der Waals surface area contributed by atoms with Crippen molar-refractivity contribution in [3.63, 3.8) is 0 Å². The first-order valence-corrected chi connectivity index (χ1v) is 9.50. The Hall–Kier alpha value is -3.18. The normalized spacial score (nSPS) is 23.8. The molecule has 0 unspecified atom stereocenters. The van der Waals surface area contributed by atoms with Crippen molar-refractivity contribution in [2.75, 3.05) is 6.61 Å². The van der Waals surface area contributed by atoms with Crippen molar-refractivity contribution in [1.82, 2.24) is 14.3 Å². The first kappa shape index (κ1) is 19.8. The van der Waals surface area contributed by atoms with E-state index >= 15 is 0 Å². The lowest BCUT2D eigenvalue weighted by Gasteiger charge is -2.22. The van der Waals surface area contributed by atoms with Crippen LogP contribution >= 0.6 is 0 Å². The van der Waals surface area contributed by atoms with Crippen molar-refractivity contribution in [2.45, 2.75) is 24.5 Å². The molecule has 8 nitrogen and oxygen atoms in total. The van der Waals surface area contributed by atoms with Crippen molar-refractivity contribution < 1.29 is 28.8 Å². The lowest BCUT2D eigenvalue weighted by molar-refractivity contribution is -0.0508. The largest absolute Gasteiger partial charge is 0.394 e. The number of ether oxygens (including phenoxy) is 1. The average molecular weight is 429 g/mol. The molecule has 3 N–H and O–H groups in total. The molecule has 31 heavy (non-hydrogen) atoms. The molecule has 160 valence electrons. The Labute approximate surface area is 173 Å². The number of hydrogen-bond donors (Lipinski definition) is 3. The van der Waals surface area contributed by atoms with Crippen molar-refractivity contribution in [2.24, 2.45) is 0 Å². The molecule has 1 fully saturated rings. The number of aromatic nitrogens is 3. The molecule has 2 aromatic rings.